The molecule has 0 radical (unpaired) electrons. The van der Waals surface area contributed by atoms with E-state index in [1.807, 2.05) is 0 Å². The summed E-state index contributed by atoms with van der Waals surface area (Å²) in [5.41, 5.74) is 15.8. The van der Waals surface area contributed by atoms with Gasteiger partial charge in [0.2, 0.25) is 0 Å². The van der Waals surface area contributed by atoms with Crippen LogP contribution in [-0.4, -0.2) is 9.13 Å². The highest BCUT2D eigenvalue weighted by Crippen LogP contribution is 2.56. The number of benzene rings is 8. The lowest BCUT2D eigenvalue weighted by Gasteiger charge is -2.34. The maximum atomic E-state index is 2.45. The molecule has 0 fully saturated rings. The molecule has 0 saturated heterocycles. The van der Waals surface area contributed by atoms with E-state index in [4.69, 9.17) is 0 Å². The Morgan fingerprint density at radius 1 is 0.358 bits per heavy atom. The van der Waals surface area contributed by atoms with Crippen LogP contribution in [0.1, 0.15) is 22.3 Å². The lowest BCUT2D eigenvalue weighted by Crippen LogP contribution is -2.28. The molecule has 0 amide bonds. The lowest BCUT2D eigenvalue weighted by molar-refractivity contribution is 0.769. The van der Waals surface area contributed by atoms with E-state index < -0.39 is 5.41 Å². The van der Waals surface area contributed by atoms with Crippen LogP contribution in [0.15, 0.2) is 206 Å². The molecule has 53 heavy (non-hydrogen) atoms. The van der Waals surface area contributed by atoms with Crippen LogP contribution in [0.25, 0.3) is 66.3 Å². The molecule has 0 bridgehead atoms. The molecule has 1 aliphatic rings. The first-order valence-corrected chi connectivity index (χ1v) is 18.4. The van der Waals surface area contributed by atoms with Crippen molar-refractivity contribution < 1.29 is 0 Å². The highest BCUT2D eigenvalue weighted by atomic mass is 15.0. The van der Waals surface area contributed by atoms with Crippen LogP contribution in [0.3, 0.4) is 0 Å². The normalized spacial score (nSPS) is 13.1. The molecule has 0 aliphatic heterocycles. The smallest absolute Gasteiger partial charge is 0.0713 e. The SMILES string of the molecule is c1ccc(-n2ccc3c2ccc2c4ccccc4n(-c4ccc(-c5ccc6c(c5)C(c5ccccc5)(c5ccccc5)c5ccccc5-6)cc4)c23)cc1. The van der Waals surface area contributed by atoms with Gasteiger partial charge in [-0.3, -0.25) is 0 Å². The Morgan fingerprint density at radius 2 is 0.981 bits per heavy atom. The number of rotatable bonds is 5. The Balaban J connectivity index is 1.09. The fourth-order valence-electron chi connectivity index (χ4n) is 9.19. The minimum atomic E-state index is -0.422. The van der Waals surface area contributed by atoms with E-state index >= 15 is 0 Å². The van der Waals surface area contributed by atoms with Crippen molar-refractivity contribution in [3.8, 4) is 33.6 Å². The van der Waals surface area contributed by atoms with Crippen molar-refractivity contribution >= 4 is 32.7 Å². The van der Waals surface area contributed by atoms with Gasteiger partial charge >= 0.3 is 0 Å². The molecule has 2 heteroatoms. The van der Waals surface area contributed by atoms with E-state index in [1.54, 1.807) is 0 Å². The van der Waals surface area contributed by atoms with Crippen LogP contribution in [0, 0.1) is 0 Å². The minimum Gasteiger partial charge on any atom is -0.316 e. The molecule has 248 valence electrons. The predicted molar refractivity (Wildman–Crippen MR) is 220 cm³/mol. The van der Waals surface area contributed by atoms with Crippen molar-refractivity contribution in [3.63, 3.8) is 0 Å². The summed E-state index contributed by atoms with van der Waals surface area (Å²) >= 11 is 0. The zero-order valence-corrected chi connectivity index (χ0v) is 29.0. The third kappa shape index (κ3) is 4.27. The number of para-hydroxylation sites is 2. The van der Waals surface area contributed by atoms with Crippen molar-refractivity contribution in [1.29, 1.82) is 0 Å². The summed E-state index contributed by atoms with van der Waals surface area (Å²) in [6.45, 7) is 0. The van der Waals surface area contributed by atoms with Gasteiger partial charge in [0.15, 0.2) is 0 Å². The van der Waals surface area contributed by atoms with Crippen molar-refractivity contribution in [2.24, 2.45) is 0 Å². The maximum absolute atomic E-state index is 2.45. The molecule has 0 unspecified atom stereocenters. The van der Waals surface area contributed by atoms with Gasteiger partial charge in [-0.2, -0.15) is 0 Å². The lowest BCUT2D eigenvalue weighted by atomic mass is 9.67. The fourth-order valence-corrected chi connectivity index (χ4v) is 9.19. The van der Waals surface area contributed by atoms with E-state index in [0.717, 1.165) is 11.4 Å². The first-order valence-electron chi connectivity index (χ1n) is 18.4. The average Bonchev–Trinajstić information content (AvgIpc) is 3.91. The van der Waals surface area contributed by atoms with E-state index in [1.165, 1.54) is 77.2 Å². The Bertz CT molecular complexity index is 2930. The quantitative estimate of drug-likeness (QED) is 0.172. The van der Waals surface area contributed by atoms with Gasteiger partial charge in [-0.05, 0) is 93.0 Å². The van der Waals surface area contributed by atoms with Gasteiger partial charge in [-0.25, -0.2) is 0 Å². The summed E-state index contributed by atoms with van der Waals surface area (Å²) in [6, 6.07) is 73.5. The van der Waals surface area contributed by atoms with Crippen LogP contribution in [0.2, 0.25) is 0 Å². The summed E-state index contributed by atoms with van der Waals surface area (Å²) in [5, 5.41) is 3.76. The summed E-state index contributed by atoms with van der Waals surface area (Å²) < 4.78 is 4.73. The third-order valence-corrected chi connectivity index (χ3v) is 11.5. The second-order valence-electron chi connectivity index (χ2n) is 14.1. The second-order valence-corrected chi connectivity index (χ2v) is 14.1. The molecule has 0 saturated carbocycles. The maximum Gasteiger partial charge on any atom is 0.0713 e. The first kappa shape index (κ1) is 29.8. The zero-order chi connectivity index (χ0) is 34.9. The molecule has 0 spiro atoms. The Hall–Kier alpha value is -6.90. The largest absolute Gasteiger partial charge is 0.316 e. The van der Waals surface area contributed by atoms with Crippen molar-refractivity contribution in [3.05, 3.63) is 229 Å². The van der Waals surface area contributed by atoms with E-state index in [-0.39, 0.29) is 0 Å². The molecule has 0 atom stereocenters. The summed E-state index contributed by atoms with van der Waals surface area (Å²) in [4.78, 5) is 0. The number of nitrogens with zero attached hydrogens (tertiary/aromatic N) is 2. The summed E-state index contributed by atoms with van der Waals surface area (Å²) in [7, 11) is 0. The van der Waals surface area contributed by atoms with Gasteiger partial charge < -0.3 is 9.13 Å². The van der Waals surface area contributed by atoms with Crippen molar-refractivity contribution in [1.82, 2.24) is 9.13 Å². The van der Waals surface area contributed by atoms with Gasteiger partial charge in [-0.15, -0.1) is 0 Å². The van der Waals surface area contributed by atoms with Gasteiger partial charge in [0.1, 0.15) is 0 Å². The van der Waals surface area contributed by atoms with E-state index in [2.05, 4.69) is 216 Å². The summed E-state index contributed by atoms with van der Waals surface area (Å²) in [6.07, 6.45) is 2.20. The molecule has 11 rings (SSSR count). The van der Waals surface area contributed by atoms with Crippen LogP contribution >= 0.6 is 0 Å². The average molecular weight is 675 g/mol. The Kier molecular flexibility index (Phi) is 6.50. The van der Waals surface area contributed by atoms with Crippen LogP contribution in [-0.2, 0) is 5.41 Å². The molecule has 2 nitrogen and oxygen atoms in total. The third-order valence-electron chi connectivity index (χ3n) is 11.5. The molecular formula is C51H34N2. The highest BCUT2D eigenvalue weighted by Gasteiger charge is 2.46. The molecule has 2 heterocycles. The van der Waals surface area contributed by atoms with Crippen molar-refractivity contribution in [2.75, 3.05) is 0 Å². The van der Waals surface area contributed by atoms with Gasteiger partial charge in [0.05, 0.1) is 22.0 Å². The molecule has 10 aromatic rings. The summed E-state index contributed by atoms with van der Waals surface area (Å²) in [5.74, 6) is 0. The van der Waals surface area contributed by atoms with Gasteiger partial charge in [-0.1, -0.05) is 152 Å². The van der Waals surface area contributed by atoms with E-state index in [0.29, 0.717) is 0 Å². The van der Waals surface area contributed by atoms with Crippen LogP contribution in [0.4, 0.5) is 0 Å². The highest BCUT2D eigenvalue weighted by molar-refractivity contribution is 6.18. The van der Waals surface area contributed by atoms with E-state index in [9.17, 15) is 0 Å². The topological polar surface area (TPSA) is 9.86 Å². The molecular weight excluding hydrogens is 641 g/mol. The molecule has 1 aliphatic carbocycles. The minimum absolute atomic E-state index is 0.422. The van der Waals surface area contributed by atoms with Crippen LogP contribution < -0.4 is 0 Å². The Morgan fingerprint density at radius 3 is 1.74 bits per heavy atom. The Labute approximate surface area is 308 Å². The van der Waals surface area contributed by atoms with Gasteiger partial charge in [0, 0.05) is 33.7 Å². The van der Waals surface area contributed by atoms with Gasteiger partial charge in [0.25, 0.3) is 0 Å². The monoisotopic (exact) mass is 674 g/mol. The fraction of sp³-hybridized carbons (Fsp3) is 0.0196. The number of hydrogen-bond acceptors (Lipinski definition) is 0. The number of hydrogen-bond donors (Lipinski definition) is 0. The zero-order valence-electron chi connectivity index (χ0n) is 29.0. The molecule has 0 N–H and O–H groups in total. The first-order chi connectivity index (χ1) is 26.3. The predicted octanol–water partition coefficient (Wildman–Crippen LogP) is 12.8. The van der Waals surface area contributed by atoms with Crippen LogP contribution in [0.5, 0.6) is 0 Å². The molecule has 2 aromatic heterocycles. The number of fused-ring (bicyclic) bond motifs is 8. The molecule has 8 aromatic carbocycles. The second kappa shape index (κ2) is 11.6. The number of aromatic nitrogens is 2. The van der Waals surface area contributed by atoms with Crippen molar-refractivity contribution in [2.45, 2.75) is 5.41 Å². The standard InChI is InChI=1S/C51H34N2/c1-4-14-37(15-5-1)51(38-16-6-2-7-17-38)46-22-12-10-20-41(46)42-29-26-36(34-47(42)51)35-24-27-40(28-25-35)53-49-23-13-11-21-43(49)44-30-31-48-45(50(44)53)32-33-52(48)39-18-8-3-9-19-39/h1-34H.